The number of benzene rings is 1. The van der Waals surface area contributed by atoms with Crippen LogP contribution in [-0.4, -0.2) is 34.9 Å². The fraction of sp³-hybridized carbons (Fsp3) is 0.500. The predicted molar refractivity (Wildman–Crippen MR) is 94.2 cm³/mol. The van der Waals surface area contributed by atoms with Crippen molar-refractivity contribution in [3.05, 3.63) is 47.9 Å². The van der Waals surface area contributed by atoms with E-state index in [0.717, 1.165) is 32.1 Å². The van der Waals surface area contributed by atoms with E-state index < -0.39 is 10.0 Å². The van der Waals surface area contributed by atoms with Gasteiger partial charge in [0, 0.05) is 25.8 Å². The molecule has 0 aliphatic carbocycles. The maximum atomic E-state index is 13.0. The molecule has 5 nitrogen and oxygen atoms in total. The molecule has 1 saturated heterocycles. The largest absolute Gasteiger partial charge is 0.337 e. The van der Waals surface area contributed by atoms with Crippen LogP contribution < -0.4 is 0 Å². The van der Waals surface area contributed by atoms with Crippen molar-refractivity contribution in [3.8, 4) is 0 Å². The molecular formula is C18H25N3O2S. The summed E-state index contributed by atoms with van der Waals surface area (Å²) in [5.74, 6) is 0.714. The average Bonchev–Trinajstić information content (AvgIpc) is 2.94. The van der Waals surface area contributed by atoms with E-state index >= 15 is 0 Å². The van der Waals surface area contributed by atoms with Gasteiger partial charge in [-0.2, -0.15) is 4.31 Å². The first-order valence-corrected chi connectivity index (χ1v) is 9.98. The minimum Gasteiger partial charge on any atom is -0.337 e. The summed E-state index contributed by atoms with van der Waals surface area (Å²) in [6.45, 7) is 2.42. The highest BCUT2D eigenvalue weighted by molar-refractivity contribution is 7.89. The predicted octanol–water partition coefficient (Wildman–Crippen LogP) is 2.90. The maximum absolute atomic E-state index is 13.0. The van der Waals surface area contributed by atoms with E-state index in [9.17, 15) is 8.42 Å². The molecule has 0 N–H and O–H groups in total. The zero-order valence-corrected chi connectivity index (χ0v) is 15.2. The Morgan fingerprint density at radius 3 is 2.62 bits per heavy atom. The van der Waals surface area contributed by atoms with Gasteiger partial charge < -0.3 is 4.57 Å². The van der Waals surface area contributed by atoms with Crippen LogP contribution in [0.1, 0.15) is 37.1 Å². The number of hydrogen-bond acceptors (Lipinski definition) is 3. The van der Waals surface area contributed by atoms with Crippen LogP contribution in [0.4, 0.5) is 0 Å². The number of hydrogen-bond donors (Lipinski definition) is 0. The Hall–Kier alpha value is -1.66. The molecule has 1 unspecified atom stereocenters. The molecule has 0 amide bonds. The molecule has 2 heterocycles. The molecule has 0 spiro atoms. The van der Waals surface area contributed by atoms with Gasteiger partial charge in [-0.1, -0.05) is 36.8 Å². The van der Waals surface area contributed by atoms with Gasteiger partial charge in [0.05, 0.1) is 0 Å². The summed E-state index contributed by atoms with van der Waals surface area (Å²) in [5, 5.41) is 0.175. The van der Waals surface area contributed by atoms with Gasteiger partial charge in [-0.15, -0.1) is 0 Å². The number of imidazole rings is 1. The van der Waals surface area contributed by atoms with Crippen molar-refractivity contribution in [2.45, 2.75) is 50.1 Å². The van der Waals surface area contributed by atoms with E-state index in [-0.39, 0.29) is 11.1 Å². The minimum absolute atomic E-state index is 0.0614. The Kier molecular flexibility index (Phi) is 5.06. The SMILES string of the molecule is Cc1nc(S(=O)(=O)N2CCCCC2CCc2ccccc2)cn1C. The van der Waals surface area contributed by atoms with Crippen LogP contribution >= 0.6 is 0 Å². The van der Waals surface area contributed by atoms with Crippen LogP contribution in [0.5, 0.6) is 0 Å². The Bertz CT molecular complexity index is 764. The molecule has 1 aromatic heterocycles. The third-order valence-electron chi connectivity index (χ3n) is 4.84. The van der Waals surface area contributed by atoms with Crippen LogP contribution in [0, 0.1) is 6.92 Å². The van der Waals surface area contributed by atoms with Crippen molar-refractivity contribution in [2.24, 2.45) is 7.05 Å². The van der Waals surface area contributed by atoms with Crippen LogP contribution in [0.2, 0.25) is 0 Å². The van der Waals surface area contributed by atoms with E-state index in [4.69, 9.17) is 0 Å². The van der Waals surface area contributed by atoms with Gasteiger partial charge in [0.25, 0.3) is 10.0 Å². The molecule has 130 valence electrons. The van der Waals surface area contributed by atoms with Crippen molar-refractivity contribution in [1.29, 1.82) is 0 Å². The first-order chi connectivity index (χ1) is 11.5. The lowest BCUT2D eigenvalue weighted by molar-refractivity contribution is 0.240. The van der Waals surface area contributed by atoms with E-state index in [2.05, 4.69) is 17.1 Å². The number of rotatable bonds is 5. The highest BCUT2D eigenvalue weighted by Crippen LogP contribution is 2.27. The van der Waals surface area contributed by atoms with Crippen LogP contribution in [0.25, 0.3) is 0 Å². The summed E-state index contributed by atoms with van der Waals surface area (Å²) in [6, 6.07) is 10.3. The summed E-state index contributed by atoms with van der Waals surface area (Å²) < 4.78 is 29.5. The molecular weight excluding hydrogens is 322 g/mol. The number of nitrogens with zero attached hydrogens (tertiary/aromatic N) is 3. The zero-order valence-electron chi connectivity index (χ0n) is 14.4. The molecule has 24 heavy (non-hydrogen) atoms. The van der Waals surface area contributed by atoms with Crippen LogP contribution in [0.15, 0.2) is 41.6 Å². The van der Waals surface area contributed by atoms with Crippen LogP contribution in [-0.2, 0) is 23.5 Å². The van der Waals surface area contributed by atoms with E-state index in [1.54, 1.807) is 15.1 Å². The van der Waals surface area contributed by atoms with Crippen molar-refractivity contribution in [3.63, 3.8) is 0 Å². The molecule has 3 rings (SSSR count). The lowest BCUT2D eigenvalue weighted by Gasteiger charge is -2.34. The first kappa shape index (κ1) is 17.2. The topological polar surface area (TPSA) is 55.2 Å². The van der Waals surface area contributed by atoms with Gasteiger partial charge >= 0.3 is 0 Å². The van der Waals surface area contributed by atoms with Crippen molar-refractivity contribution >= 4 is 10.0 Å². The Labute approximate surface area is 144 Å². The second-order valence-electron chi connectivity index (χ2n) is 6.53. The van der Waals surface area contributed by atoms with Crippen LogP contribution in [0.3, 0.4) is 0 Å². The van der Waals surface area contributed by atoms with Gasteiger partial charge in [-0.25, -0.2) is 13.4 Å². The highest BCUT2D eigenvalue weighted by atomic mass is 32.2. The lowest BCUT2D eigenvalue weighted by atomic mass is 9.98. The first-order valence-electron chi connectivity index (χ1n) is 8.54. The summed E-state index contributed by atoms with van der Waals surface area (Å²) in [5.41, 5.74) is 1.26. The summed E-state index contributed by atoms with van der Waals surface area (Å²) in [7, 11) is -1.69. The summed E-state index contributed by atoms with van der Waals surface area (Å²) in [4.78, 5) is 4.24. The molecule has 2 aromatic rings. The van der Waals surface area contributed by atoms with E-state index in [0.29, 0.717) is 12.4 Å². The van der Waals surface area contributed by atoms with Gasteiger partial charge in [-0.05, 0) is 38.2 Å². The third kappa shape index (κ3) is 3.54. The quantitative estimate of drug-likeness (QED) is 0.836. The molecule has 0 radical (unpaired) electrons. The smallest absolute Gasteiger partial charge is 0.262 e. The Balaban J connectivity index is 1.78. The second-order valence-corrected chi connectivity index (χ2v) is 8.36. The van der Waals surface area contributed by atoms with Crippen molar-refractivity contribution < 1.29 is 8.42 Å². The molecule has 0 saturated carbocycles. The fourth-order valence-electron chi connectivity index (χ4n) is 3.33. The van der Waals surface area contributed by atoms with E-state index in [1.807, 2.05) is 32.2 Å². The normalized spacial score (nSPS) is 19.5. The monoisotopic (exact) mass is 347 g/mol. The summed E-state index contributed by atoms with van der Waals surface area (Å²) >= 11 is 0. The molecule has 1 aromatic carbocycles. The maximum Gasteiger partial charge on any atom is 0.262 e. The van der Waals surface area contributed by atoms with Crippen molar-refractivity contribution in [1.82, 2.24) is 13.9 Å². The fourth-order valence-corrected chi connectivity index (χ4v) is 5.08. The van der Waals surface area contributed by atoms with Gasteiger partial charge in [0.1, 0.15) is 5.82 Å². The summed E-state index contributed by atoms with van der Waals surface area (Å²) in [6.07, 6.45) is 6.32. The second kappa shape index (κ2) is 7.07. The lowest BCUT2D eigenvalue weighted by Crippen LogP contribution is -2.44. The minimum atomic E-state index is -3.52. The number of aromatic nitrogens is 2. The highest BCUT2D eigenvalue weighted by Gasteiger charge is 2.34. The molecule has 1 atom stereocenters. The average molecular weight is 347 g/mol. The molecule has 1 fully saturated rings. The third-order valence-corrected chi connectivity index (χ3v) is 6.67. The molecule has 1 aliphatic rings. The van der Waals surface area contributed by atoms with Gasteiger partial charge in [0.2, 0.25) is 0 Å². The molecule has 6 heteroatoms. The van der Waals surface area contributed by atoms with Crippen molar-refractivity contribution in [2.75, 3.05) is 6.54 Å². The van der Waals surface area contributed by atoms with E-state index in [1.165, 1.54) is 5.56 Å². The zero-order chi connectivity index (χ0) is 17.2. The van der Waals surface area contributed by atoms with Gasteiger partial charge in [0.15, 0.2) is 5.03 Å². The number of aryl methyl sites for hydroxylation is 3. The molecule has 1 aliphatic heterocycles. The van der Waals surface area contributed by atoms with Gasteiger partial charge in [-0.3, -0.25) is 0 Å². The number of piperidine rings is 1. The standard InChI is InChI=1S/C18H25N3O2S/c1-15-19-18(14-20(15)2)24(22,23)21-13-7-6-10-17(21)12-11-16-8-4-3-5-9-16/h3-5,8-9,14,17H,6-7,10-13H2,1-2H3. The Morgan fingerprint density at radius 2 is 1.96 bits per heavy atom. The Morgan fingerprint density at radius 1 is 1.21 bits per heavy atom. The number of sulfonamides is 1. The molecule has 0 bridgehead atoms.